The zero-order valence-electron chi connectivity index (χ0n) is 22.5. The molecular formula is C30H26Cl2F3N5O2. The zero-order valence-corrected chi connectivity index (χ0v) is 24.0. The molecule has 0 atom stereocenters. The van der Waals surface area contributed by atoms with Crippen LogP contribution in [0.5, 0.6) is 0 Å². The Hall–Kier alpha value is -3.62. The van der Waals surface area contributed by atoms with Crippen LogP contribution in [0.2, 0.25) is 10.0 Å². The number of methoxy groups -OCH3 is 1. The summed E-state index contributed by atoms with van der Waals surface area (Å²) in [6.07, 6.45) is -1.02. The summed E-state index contributed by atoms with van der Waals surface area (Å²) in [4.78, 5) is 22.3. The highest BCUT2D eigenvalue weighted by molar-refractivity contribution is 6.37. The fourth-order valence-electron chi connectivity index (χ4n) is 5.08. The third-order valence-electron chi connectivity index (χ3n) is 6.94. The summed E-state index contributed by atoms with van der Waals surface area (Å²) in [5, 5.41) is 6.94. The Balaban J connectivity index is 1.57. The molecule has 0 bridgehead atoms. The number of para-hydroxylation sites is 1. The molecule has 4 aromatic rings. The van der Waals surface area contributed by atoms with E-state index < -0.39 is 18.2 Å². The quantitative estimate of drug-likeness (QED) is 0.244. The Bertz CT molecular complexity index is 1720. The van der Waals surface area contributed by atoms with E-state index in [0.29, 0.717) is 16.8 Å². The summed E-state index contributed by atoms with van der Waals surface area (Å²) in [5.41, 5.74) is 1.76. The van der Waals surface area contributed by atoms with E-state index in [4.69, 9.17) is 27.9 Å². The SMILES string of the molecule is COCC#Cc1cn(-c2c(Cl)cccc2Cl)c(=O)c2cnc(Nc3ccc(C4CCNCC4)c(CC(F)(F)F)c3)nc12. The number of rotatable bonds is 6. The summed E-state index contributed by atoms with van der Waals surface area (Å²) in [5.74, 6) is 5.97. The van der Waals surface area contributed by atoms with Gasteiger partial charge in [0, 0.05) is 25.2 Å². The number of piperidine rings is 1. The largest absolute Gasteiger partial charge is 0.393 e. The first kappa shape index (κ1) is 29.9. The molecule has 3 heterocycles. The lowest BCUT2D eigenvalue weighted by molar-refractivity contribution is -0.127. The van der Waals surface area contributed by atoms with E-state index in [-0.39, 0.29) is 50.7 Å². The summed E-state index contributed by atoms with van der Waals surface area (Å²) in [6, 6.07) is 9.86. The molecule has 0 amide bonds. The second-order valence-corrected chi connectivity index (χ2v) is 10.6. The van der Waals surface area contributed by atoms with Crippen molar-refractivity contribution in [3.63, 3.8) is 0 Å². The van der Waals surface area contributed by atoms with Crippen LogP contribution in [0.1, 0.15) is 35.4 Å². The second kappa shape index (κ2) is 12.7. The highest BCUT2D eigenvalue weighted by Gasteiger charge is 2.30. The number of ether oxygens (including phenoxy) is 1. The number of nitrogens with zero attached hydrogens (tertiary/aromatic N) is 3. The number of nitrogens with one attached hydrogen (secondary N) is 2. The maximum absolute atomic E-state index is 13.5. The Kier molecular flexibility index (Phi) is 9.04. The van der Waals surface area contributed by atoms with Crippen molar-refractivity contribution in [2.75, 3.05) is 32.1 Å². The summed E-state index contributed by atoms with van der Waals surface area (Å²) < 4.78 is 46.9. The van der Waals surface area contributed by atoms with Gasteiger partial charge in [-0.05, 0) is 67.2 Å². The average molecular weight is 616 g/mol. The summed E-state index contributed by atoms with van der Waals surface area (Å²) >= 11 is 12.8. The van der Waals surface area contributed by atoms with Crippen LogP contribution in [0.4, 0.5) is 24.8 Å². The lowest BCUT2D eigenvalue weighted by Crippen LogP contribution is -2.27. The van der Waals surface area contributed by atoms with Crippen molar-refractivity contribution in [2.45, 2.75) is 31.4 Å². The van der Waals surface area contributed by atoms with Crippen molar-refractivity contribution >= 4 is 45.7 Å². The highest BCUT2D eigenvalue weighted by Crippen LogP contribution is 2.34. The van der Waals surface area contributed by atoms with Crippen molar-refractivity contribution in [2.24, 2.45) is 0 Å². The molecule has 218 valence electrons. The fourth-order valence-corrected chi connectivity index (χ4v) is 5.66. The predicted molar refractivity (Wildman–Crippen MR) is 158 cm³/mol. The van der Waals surface area contributed by atoms with E-state index in [1.807, 2.05) is 0 Å². The maximum Gasteiger partial charge on any atom is 0.393 e. The van der Waals surface area contributed by atoms with Crippen LogP contribution in [0, 0.1) is 11.8 Å². The average Bonchev–Trinajstić information content (AvgIpc) is 2.95. The molecule has 1 fully saturated rings. The molecule has 0 radical (unpaired) electrons. The Morgan fingerprint density at radius 1 is 1.17 bits per heavy atom. The van der Waals surface area contributed by atoms with E-state index in [1.165, 1.54) is 30.1 Å². The van der Waals surface area contributed by atoms with Crippen molar-refractivity contribution < 1.29 is 17.9 Å². The van der Waals surface area contributed by atoms with Gasteiger partial charge in [0.1, 0.15) is 6.61 Å². The lowest BCUT2D eigenvalue weighted by atomic mass is 9.86. The third kappa shape index (κ3) is 6.71. The first-order valence-electron chi connectivity index (χ1n) is 13.2. The van der Waals surface area contributed by atoms with Gasteiger partial charge in [-0.25, -0.2) is 9.97 Å². The van der Waals surface area contributed by atoms with Gasteiger partial charge in [0.15, 0.2) is 0 Å². The molecule has 12 heteroatoms. The Morgan fingerprint density at radius 2 is 1.90 bits per heavy atom. The number of pyridine rings is 1. The van der Waals surface area contributed by atoms with E-state index in [2.05, 4.69) is 32.4 Å². The number of hydrogen-bond donors (Lipinski definition) is 2. The highest BCUT2D eigenvalue weighted by atomic mass is 35.5. The third-order valence-corrected chi connectivity index (χ3v) is 7.55. The molecule has 0 unspecified atom stereocenters. The van der Waals surface area contributed by atoms with Crippen LogP contribution in [-0.4, -0.2) is 47.5 Å². The van der Waals surface area contributed by atoms with Gasteiger partial charge in [-0.2, -0.15) is 13.2 Å². The van der Waals surface area contributed by atoms with Crippen molar-refractivity contribution in [1.29, 1.82) is 0 Å². The number of anilines is 2. The second-order valence-electron chi connectivity index (χ2n) is 9.83. The van der Waals surface area contributed by atoms with Gasteiger partial charge in [0.05, 0.1) is 38.6 Å². The molecule has 0 aliphatic carbocycles. The minimum absolute atomic E-state index is 0.0524. The monoisotopic (exact) mass is 615 g/mol. The van der Waals surface area contributed by atoms with Gasteiger partial charge in [-0.3, -0.25) is 9.36 Å². The Morgan fingerprint density at radius 3 is 2.60 bits per heavy atom. The molecule has 42 heavy (non-hydrogen) atoms. The van der Waals surface area contributed by atoms with Crippen LogP contribution in [0.3, 0.4) is 0 Å². The van der Waals surface area contributed by atoms with Crippen molar-refractivity contribution in [3.8, 4) is 17.5 Å². The van der Waals surface area contributed by atoms with Gasteiger partial charge < -0.3 is 15.4 Å². The number of fused-ring (bicyclic) bond motifs is 1. The smallest absolute Gasteiger partial charge is 0.372 e. The number of benzene rings is 2. The number of halogens is 5. The minimum Gasteiger partial charge on any atom is -0.372 e. The number of aromatic nitrogens is 3. The minimum atomic E-state index is -4.36. The van der Waals surface area contributed by atoms with Gasteiger partial charge in [-0.1, -0.05) is 47.2 Å². The van der Waals surface area contributed by atoms with Crippen molar-refractivity contribution in [3.05, 3.63) is 85.9 Å². The van der Waals surface area contributed by atoms with Crippen LogP contribution in [0.25, 0.3) is 16.6 Å². The summed E-state index contributed by atoms with van der Waals surface area (Å²) in [6.45, 7) is 1.66. The summed E-state index contributed by atoms with van der Waals surface area (Å²) in [7, 11) is 1.50. The lowest BCUT2D eigenvalue weighted by Gasteiger charge is -2.26. The fraction of sp³-hybridized carbons (Fsp3) is 0.300. The van der Waals surface area contributed by atoms with Gasteiger partial charge in [-0.15, -0.1) is 0 Å². The molecule has 0 saturated carbocycles. The molecule has 2 N–H and O–H groups in total. The zero-order chi connectivity index (χ0) is 29.9. The van der Waals surface area contributed by atoms with Gasteiger partial charge in [0.2, 0.25) is 5.95 Å². The molecule has 1 aliphatic rings. The standard InChI is InChI=1S/C30H26Cl2F3N5O2/c1-42-13-3-4-19-17-40(27-24(31)5-2-6-25(27)32)28(41)23-16-37-29(39-26(19)23)38-21-7-8-22(18-9-11-36-12-10-18)20(14-21)15-30(33,34)35/h2,5-8,14,16-18,36H,9-13,15H2,1H3,(H,37,38,39). The van der Waals surface area contributed by atoms with Crippen LogP contribution in [-0.2, 0) is 11.2 Å². The first-order valence-corrected chi connectivity index (χ1v) is 13.9. The molecule has 7 nitrogen and oxygen atoms in total. The number of hydrogen-bond acceptors (Lipinski definition) is 6. The van der Waals surface area contributed by atoms with E-state index in [9.17, 15) is 18.0 Å². The molecule has 1 aliphatic heterocycles. The molecule has 5 rings (SSSR count). The van der Waals surface area contributed by atoms with E-state index in [0.717, 1.165) is 25.9 Å². The van der Waals surface area contributed by atoms with Crippen molar-refractivity contribution in [1.82, 2.24) is 19.9 Å². The van der Waals surface area contributed by atoms with E-state index >= 15 is 0 Å². The molecule has 2 aromatic carbocycles. The van der Waals surface area contributed by atoms with Crippen LogP contribution in [0.15, 0.2) is 53.6 Å². The topological polar surface area (TPSA) is 81.1 Å². The molecular weight excluding hydrogens is 590 g/mol. The van der Waals surface area contributed by atoms with Gasteiger partial charge >= 0.3 is 6.18 Å². The molecule has 2 aromatic heterocycles. The maximum atomic E-state index is 13.5. The Labute approximate surface area is 250 Å². The van der Waals surface area contributed by atoms with Crippen LogP contribution >= 0.6 is 23.2 Å². The molecule has 0 spiro atoms. The van der Waals surface area contributed by atoms with Crippen LogP contribution < -0.4 is 16.2 Å². The molecule has 1 saturated heterocycles. The van der Waals surface area contributed by atoms with E-state index in [1.54, 1.807) is 30.3 Å². The number of alkyl halides is 3. The normalized spacial score (nSPS) is 14.0. The van der Waals surface area contributed by atoms with Gasteiger partial charge in [0.25, 0.3) is 5.56 Å². The first-order chi connectivity index (χ1) is 20.1. The predicted octanol–water partition coefficient (Wildman–Crippen LogP) is 6.40.